The summed E-state index contributed by atoms with van der Waals surface area (Å²) in [5.74, 6) is 0.201. The van der Waals surface area contributed by atoms with Crippen molar-refractivity contribution in [2.75, 3.05) is 0 Å². The zero-order valence-corrected chi connectivity index (χ0v) is 19.2. The van der Waals surface area contributed by atoms with Gasteiger partial charge in [-0.05, 0) is 81.3 Å². The molecule has 0 nitrogen and oxygen atoms in total. The Morgan fingerprint density at radius 3 is 1.94 bits per heavy atom. The van der Waals surface area contributed by atoms with E-state index in [-0.39, 0.29) is 5.92 Å². The Balaban J connectivity index is 1.70. The normalized spacial score (nSPS) is 14.1. The monoisotopic (exact) mass is 442 g/mol. The van der Waals surface area contributed by atoms with Gasteiger partial charge in [0.15, 0.2) is 0 Å². The van der Waals surface area contributed by atoms with Gasteiger partial charge in [-0.15, -0.1) is 0 Å². The number of halogens is 1. The average molecular weight is 443 g/mol. The molecular weight excluding hydrogens is 420 g/mol. The van der Waals surface area contributed by atoms with Gasteiger partial charge in [-0.2, -0.15) is 0 Å². The lowest BCUT2D eigenvalue weighted by Crippen LogP contribution is -2.02. The van der Waals surface area contributed by atoms with Crippen molar-refractivity contribution in [1.29, 1.82) is 0 Å². The largest absolute Gasteiger partial charge is 0.0843 e. The number of benzene rings is 5. The number of hydrogen-bond donors (Lipinski definition) is 0. The summed E-state index contributed by atoms with van der Waals surface area (Å²) in [6.07, 6.45) is 0. The highest BCUT2D eigenvalue weighted by atomic mass is 35.5. The fourth-order valence-corrected chi connectivity index (χ4v) is 5.29. The first-order valence-electron chi connectivity index (χ1n) is 11.3. The topological polar surface area (TPSA) is 0 Å². The van der Waals surface area contributed by atoms with Gasteiger partial charge >= 0.3 is 0 Å². The van der Waals surface area contributed by atoms with Gasteiger partial charge < -0.3 is 0 Å². The molecule has 0 spiro atoms. The first-order chi connectivity index (χ1) is 16.2. The molecule has 158 valence electrons. The van der Waals surface area contributed by atoms with E-state index in [1.165, 1.54) is 55.6 Å². The van der Waals surface area contributed by atoms with E-state index in [1.54, 1.807) is 0 Å². The zero-order chi connectivity index (χ0) is 22.4. The van der Waals surface area contributed by atoms with Crippen LogP contribution in [0.25, 0.3) is 33.4 Å². The van der Waals surface area contributed by atoms with Crippen LogP contribution in [-0.2, 0) is 0 Å². The molecule has 1 aliphatic rings. The molecule has 0 radical (unpaired) electrons. The molecule has 5 aromatic carbocycles. The Labute approximate surface area is 200 Å². The Morgan fingerprint density at radius 1 is 0.545 bits per heavy atom. The summed E-state index contributed by atoms with van der Waals surface area (Å²) < 4.78 is 0. The molecule has 0 N–H and O–H groups in total. The van der Waals surface area contributed by atoms with E-state index < -0.39 is 0 Å². The molecule has 0 bridgehead atoms. The summed E-state index contributed by atoms with van der Waals surface area (Å²) in [6.45, 7) is 2.18. The summed E-state index contributed by atoms with van der Waals surface area (Å²) in [5, 5.41) is 0.758. The maximum atomic E-state index is 6.26. The highest BCUT2D eigenvalue weighted by Gasteiger charge is 2.33. The van der Waals surface area contributed by atoms with E-state index in [0.29, 0.717) is 0 Å². The molecule has 0 fully saturated rings. The molecule has 0 aromatic heterocycles. The van der Waals surface area contributed by atoms with E-state index >= 15 is 0 Å². The maximum Gasteiger partial charge on any atom is 0.0406 e. The molecule has 0 saturated carbocycles. The van der Waals surface area contributed by atoms with Crippen LogP contribution < -0.4 is 0 Å². The Bertz CT molecular complexity index is 1450. The molecule has 1 atom stereocenters. The van der Waals surface area contributed by atoms with Crippen molar-refractivity contribution in [2.24, 2.45) is 0 Å². The second-order valence-electron chi connectivity index (χ2n) is 8.79. The Morgan fingerprint density at radius 2 is 1.21 bits per heavy atom. The van der Waals surface area contributed by atoms with E-state index in [0.717, 1.165) is 5.02 Å². The molecule has 1 aliphatic carbocycles. The lowest BCUT2D eigenvalue weighted by atomic mass is 9.83. The molecule has 0 amide bonds. The summed E-state index contributed by atoms with van der Waals surface area (Å²) >= 11 is 6.26. The van der Waals surface area contributed by atoms with E-state index in [1.807, 2.05) is 12.1 Å². The van der Waals surface area contributed by atoms with Gasteiger partial charge in [0.1, 0.15) is 0 Å². The molecule has 6 rings (SSSR count). The quantitative estimate of drug-likeness (QED) is 0.256. The summed E-state index contributed by atoms with van der Waals surface area (Å²) in [6, 6.07) is 41.4. The SMILES string of the molecule is Cc1ccc2c(c1)C(c1ccccc1)c1c(-c3ccc(Cl)cc3)cc(-c3ccccc3)cc1-2. The second kappa shape index (κ2) is 8.06. The van der Waals surface area contributed by atoms with Crippen LogP contribution in [0.2, 0.25) is 5.02 Å². The second-order valence-corrected chi connectivity index (χ2v) is 9.23. The van der Waals surface area contributed by atoms with Crippen LogP contribution in [0, 0.1) is 6.92 Å². The fourth-order valence-electron chi connectivity index (χ4n) is 5.17. The average Bonchev–Trinajstić information content (AvgIpc) is 3.18. The minimum absolute atomic E-state index is 0.201. The van der Waals surface area contributed by atoms with Gasteiger partial charge in [0.2, 0.25) is 0 Å². The van der Waals surface area contributed by atoms with Gasteiger partial charge in [0, 0.05) is 10.9 Å². The highest BCUT2D eigenvalue weighted by Crippen LogP contribution is 2.53. The molecule has 0 heterocycles. The predicted octanol–water partition coefficient (Wildman–Crippen LogP) is 9.14. The third kappa shape index (κ3) is 3.48. The van der Waals surface area contributed by atoms with Gasteiger partial charge in [0.05, 0.1) is 0 Å². The number of fused-ring (bicyclic) bond motifs is 3. The smallest absolute Gasteiger partial charge is 0.0406 e. The van der Waals surface area contributed by atoms with Gasteiger partial charge in [0.25, 0.3) is 0 Å². The third-order valence-corrected chi connectivity index (χ3v) is 6.92. The van der Waals surface area contributed by atoms with E-state index in [4.69, 9.17) is 11.6 Å². The van der Waals surface area contributed by atoms with E-state index in [9.17, 15) is 0 Å². The van der Waals surface area contributed by atoms with Crippen molar-refractivity contribution < 1.29 is 0 Å². The maximum absolute atomic E-state index is 6.26. The number of rotatable bonds is 3. The summed E-state index contributed by atoms with van der Waals surface area (Å²) in [7, 11) is 0. The van der Waals surface area contributed by atoms with Crippen LogP contribution >= 0.6 is 11.6 Å². The first kappa shape index (κ1) is 20.0. The molecule has 1 unspecified atom stereocenters. The minimum atomic E-state index is 0.201. The first-order valence-corrected chi connectivity index (χ1v) is 11.7. The van der Waals surface area contributed by atoms with Crippen molar-refractivity contribution in [2.45, 2.75) is 12.8 Å². The van der Waals surface area contributed by atoms with Crippen LogP contribution in [0.3, 0.4) is 0 Å². The van der Waals surface area contributed by atoms with Crippen molar-refractivity contribution >= 4 is 11.6 Å². The third-order valence-electron chi connectivity index (χ3n) is 6.67. The standard InChI is InChI=1S/C32H23Cl/c1-21-12-17-27-29(18-21)31(24-10-6-3-7-11-24)32-28(23-13-15-26(33)16-14-23)19-25(20-30(27)32)22-8-4-2-5-9-22/h2-20,31H,1H3. The van der Waals surface area contributed by atoms with Crippen molar-refractivity contribution in [3.05, 3.63) is 143 Å². The van der Waals surface area contributed by atoms with Crippen LogP contribution in [0.1, 0.15) is 28.2 Å². The van der Waals surface area contributed by atoms with Gasteiger partial charge in [-0.3, -0.25) is 0 Å². The van der Waals surface area contributed by atoms with Crippen LogP contribution in [0.4, 0.5) is 0 Å². The summed E-state index contributed by atoms with van der Waals surface area (Å²) in [4.78, 5) is 0. The van der Waals surface area contributed by atoms with Crippen molar-refractivity contribution in [1.82, 2.24) is 0 Å². The highest BCUT2D eigenvalue weighted by molar-refractivity contribution is 6.30. The molecule has 5 aromatic rings. The van der Waals surface area contributed by atoms with Gasteiger partial charge in [-0.1, -0.05) is 108 Å². The lowest BCUT2D eigenvalue weighted by molar-refractivity contribution is 1.01. The Kier molecular flexibility index (Phi) is 4.89. The molecule has 1 heteroatoms. The molecular formula is C32H23Cl. The number of hydrogen-bond acceptors (Lipinski definition) is 0. The molecule has 0 aliphatic heterocycles. The number of aryl methyl sites for hydroxylation is 1. The van der Waals surface area contributed by atoms with Crippen LogP contribution in [-0.4, -0.2) is 0 Å². The zero-order valence-electron chi connectivity index (χ0n) is 18.4. The lowest BCUT2D eigenvalue weighted by Gasteiger charge is -2.20. The van der Waals surface area contributed by atoms with E-state index in [2.05, 4.69) is 110 Å². The minimum Gasteiger partial charge on any atom is -0.0843 e. The Hall–Kier alpha value is -3.61. The molecule has 0 saturated heterocycles. The summed E-state index contributed by atoms with van der Waals surface area (Å²) in [5.41, 5.74) is 13.0. The predicted molar refractivity (Wildman–Crippen MR) is 140 cm³/mol. The van der Waals surface area contributed by atoms with Crippen molar-refractivity contribution in [3.63, 3.8) is 0 Å². The van der Waals surface area contributed by atoms with Gasteiger partial charge in [-0.25, -0.2) is 0 Å². The van der Waals surface area contributed by atoms with Crippen LogP contribution in [0.15, 0.2) is 115 Å². The van der Waals surface area contributed by atoms with Crippen LogP contribution in [0.5, 0.6) is 0 Å². The molecule has 33 heavy (non-hydrogen) atoms. The fraction of sp³-hybridized carbons (Fsp3) is 0.0625. The van der Waals surface area contributed by atoms with Crippen molar-refractivity contribution in [3.8, 4) is 33.4 Å².